The van der Waals surface area contributed by atoms with Gasteiger partial charge in [-0.15, -0.1) is 0 Å². The largest absolute Gasteiger partial charge is 0.372 e. The Balaban J connectivity index is 1.54. The van der Waals surface area contributed by atoms with Gasteiger partial charge in [-0.25, -0.2) is 0 Å². The highest BCUT2D eigenvalue weighted by molar-refractivity contribution is 5.52. The third-order valence-corrected chi connectivity index (χ3v) is 4.78. The minimum absolute atomic E-state index is 0.107. The molecule has 1 aliphatic rings. The summed E-state index contributed by atoms with van der Waals surface area (Å²) in [5, 5.41) is 19.4. The number of azo groups is 1. The number of non-ortho nitro benzene ring substituents is 1. The van der Waals surface area contributed by atoms with Crippen LogP contribution in [0.25, 0.3) is 0 Å². The Morgan fingerprint density at radius 2 is 1.72 bits per heavy atom. The van der Waals surface area contributed by atoms with Crippen molar-refractivity contribution in [2.45, 2.75) is 20.4 Å². The molecule has 0 atom stereocenters. The fraction of sp³-hybridized carbons (Fsp3) is 0.273. The first-order valence-electron chi connectivity index (χ1n) is 9.71. The highest BCUT2D eigenvalue weighted by Crippen LogP contribution is 2.21. The van der Waals surface area contributed by atoms with Gasteiger partial charge in [-0.1, -0.05) is 12.1 Å². The number of allylic oxidation sites excluding steroid dienone is 1. The van der Waals surface area contributed by atoms with E-state index in [-0.39, 0.29) is 10.6 Å². The molecule has 3 rings (SSSR count). The van der Waals surface area contributed by atoms with Gasteiger partial charge < -0.3 is 9.80 Å². The van der Waals surface area contributed by atoms with Crippen molar-refractivity contribution in [3.63, 3.8) is 0 Å². The van der Waals surface area contributed by atoms with Gasteiger partial charge in [-0.2, -0.15) is 10.2 Å². The van der Waals surface area contributed by atoms with Crippen molar-refractivity contribution < 1.29 is 4.92 Å². The molecule has 1 heterocycles. The second-order valence-corrected chi connectivity index (χ2v) is 6.69. The SMILES string of the molecule is CCN(CC)c1ccc(N=NC2=CCN(Cc3ccc([N+](=O)[O-])cc3)C=C2)cc1. The van der Waals surface area contributed by atoms with Crippen LogP contribution in [0.4, 0.5) is 17.1 Å². The average molecular weight is 391 g/mol. The van der Waals surface area contributed by atoms with E-state index in [1.54, 1.807) is 12.1 Å². The predicted molar refractivity (Wildman–Crippen MR) is 115 cm³/mol. The Labute approximate surface area is 170 Å². The number of benzene rings is 2. The van der Waals surface area contributed by atoms with Crippen LogP contribution in [0.5, 0.6) is 0 Å². The quantitative estimate of drug-likeness (QED) is 0.341. The lowest BCUT2D eigenvalue weighted by Crippen LogP contribution is -2.21. The van der Waals surface area contributed by atoms with Crippen molar-refractivity contribution in [2.24, 2.45) is 10.2 Å². The molecule has 0 aromatic heterocycles. The molecule has 7 nitrogen and oxygen atoms in total. The Hall–Kier alpha value is -3.48. The molecule has 0 N–H and O–H groups in total. The van der Waals surface area contributed by atoms with Crippen molar-refractivity contribution in [2.75, 3.05) is 24.5 Å². The van der Waals surface area contributed by atoms with E-state index in [1.807, 2.05) is 30.5 Å². The van der Waals surface area contributed by atoms with Crippen LogP contribution in [0.2, 0.25) is 0 Å². The van der Waals surface area contributed by atoms with Crippen molar-refractivity contribution >= 4 is 17.1 Å². The zero-order valence-electron chi connectivity index (χ0n) is 16.7. The zero-order valence-corrected chi connectivity index (χ0v) is 16.7. The first kappa shape index (κ1) is 20.3. The van der Waals surface area contributed by atoms with Crippen LogP contribution >= 0.6 is 0 Å². The molecule has 0 fully saturated rings. The smallest absolute Gasteiger partial charge is 0.269 e. The molecule has 0 unspecified atom stereocenters. The standard InChI is InChI=1S/C22H25N5O2/c1-3-26(4-2)21-11-7-19(8-12-21)23-24-20-13-15-25(16-14-20)17-18-5-9-22(10-6-18)27(28)29/h5-15H,3-4,16-17H2,1-2H3. The number of nitro groups is 1. The Bertz CT molecular complexity index is 913. The van der Waals surface area contributed by atoms with Gasteiger partial charge in [0.05, 0.1) is 16.3 Å². The number of rotatable bonds is 8. The first-order valence-corrected chi connectivity index (χ1v) is 9.71. The minimum atomic E-state index is -0.387. The summed E-state index contributed by atoms with van der Waals surface area (Å²) in [6, 6.07) is 14.7. The second kappa shape index (κ2) is 9.64. The topological polar surface area (TPSA) is 74.3 Å². The van der Waals surface area contributed by atoms with Crippen molar-refractivity contribution in [3.05, 3.63) is 88.3 Å². The maximum Gasteiger partial charge on any atom is 0.269 e. The summed E-state index contributed by atoms with van der Waals surface area (Å²) < 4.78 is 0. The lowest BCUT2D eigenvalue weighted by molar-refractivity contribution is -0.384. The molecule has 0 saturated heterocycles. The highest BCUT2D eigenvalue weighted by atomic mass is 16.6. The van der Waals surface area contributed by atoms with Crippen molar-refractivity contribution in [1.29, 1.82) is 0 Å². The third kappa shape index (κ3) is 5.51. The number of nitrogens with zero attached hydrogens (tertiary/aromatic N) is 5. The van der Waals surface area contributed by atoms with Crippen LogP contribution in [-0.4, -0.2) is 29.5 Å². The van der Waals surface area contributed by atoms with E-state index < -0.39 is 0 Å². The second-order valence-electron chi connectivity index (χ2n) is 6.69. The van der Waals surface area contributed by atoms with Crippen molar-refractivity contribution in [3.8, 4) is 0 Å². The molecule has 0 aliphatic carbocycles. The maximum absolute atomic E-state index is 10.7. The molecule has 0 amide bonds. The van der Waals surface area contributed by atoms with Crippen molar-refractivity contribution in [1.82, 2.24) is 4.90 Å². The van der Waals surface area contributed by atoms with Crippen LogP contribution in [0.3, 0.4) is 0 Å². The molecular formula is C22H25N5O2. The van der Waals surface area contributed by atoms with Crippen LogP contribution in [0, 0.1) is 10.1 Å². The van der Waals surface area contributed by atoms with E-state index in [9.17, 15) is 10.1 Å². The maximum atomic E-state index is 10.7. The van der Waals surface area contributed by atoms with Crippen LogP contribution < -0.4 is 4.90 Å². The van der Waals surface area contributed by atoms with E-state index in [0.717, 1.165) is 30.0 Å². The summed E-state index contributed by atoms with van der Waals surface area (Å²) >= 11 is 0. The average Bonchev–Trinajstić information content (AvgIpc) is 2.75. The molecule has 0 spiro atoms. The Morgan fingerprint density at radius 1 is 1.03 bits per heavy atom. The van der Waals surface area contributed by atoms with Gasteiger partial charge in [0, 0.05) is 50.2 Å². The molecule has 150 valence electrons. The van der Waals surface area contributed by atoms with E-state index in [2.05, 4.69) is 46.0 Å². The summed E-state index contributed by atoms with van der Waals surface area (Å²) in [7, 11) is 0. The van der Waals surface area contributed by atoms with E-state index in [0.29, 0.717) is 13.1 Å². The van der Waals surface area contributed by atoms with E-state index >= 15 is 0 Å². The molecule has 0 saturated carbocycles. The molecule has 0 radical (unpaired) electrons. The molecule has 29 heavy (non-hydrogen) atoms. The molecular weight excluding hydrogens is 366 g/mol. The van der Waals surface area contributed by atoms with Gasteiger partial charge in [-0.05, 0) is 55.8 Å². The number of hydrogen-bond donors (Lipinski definition) is 0. The Kier molecular flexibility index (Phi) is 6.73. The van der Waals surface area contributed by atoms with Gasteiger partial charge >= 0.3 is 0 Å². The number of hydrogen-bond acceptors (Lipinski definition) is 6. The number of nitro benzene ring substituents is 1. The van der Waals surface area contributed by atoms with Crippen LogP contribution in [-0.2, 0) is 6.54 Å². The van der Waals surface area contributed by atoms with Gasteiger partial charge in [0.15, 0.2) is 0 Å². The minimum Gasteiger partial charge on any atom is -0.372 e. The summed E-state index contributed by atoms with van der Waals surface area (Å²) in [5.74, 6) is 0. The predicted octanol–water partition coefficient (Wildman–Crippen LogP) is 5.44. The normalized spacial score (nSPS) is 13.6. The highest BCUT2D eigenvalue weighted by Gasteiger charge is 2.08. The summed E-state index contributed by atoms with van der Waals surface area (Å²) in [6.45, 7) is 7.63. The third-order valence-electron chi connectivity index (χ3n) is 4.78. The summed E-state index contributed by atoms with van der Waals surface area (Å²) in [5.41, 5.74) is 3.96. The fourth-order valence-corrected chi connectivity index (χ4v) is 3.10. The lowest BCUT2D eigenvalue weighted by Gasteiger charge is -2.21. The molecule has 1 aliphatic heterocycles. The molecule has 2 aromatic carbocycles. The first-order chi connectivity index (χ1) is 14.1. The monoisotopic (exact) mass is 391 g/mol. The molecule has 2 aromatic rings. The fourth-order valence-electron chi connectivity index (χ4n) is 3.10. The van der Waals surface area contributed by atoms with Gasteiger partial charge in [0.25, 0.3) is 5.69 Å². The van der Waals surface area contributed by atoms with Gasteiger partial charge in [0.1, 0.15) is 0 Å². The number of anilines is 1. The summed E-state index contributed by atoms with van der Waals surface area (Å²) in [4.78, 5) is 14.7. The zero-order chi connectivity index (χ0) is 20.6. The van der Waals surface area contributed by atoms with Gasteiger partial charge in [0.2, 0.25) is 0 Å². The van der Waals surface area contributed by atoms with E-state index in [1.165, 1.54) is 17.8 Å². The lowest BCUT2D eigenvalue weighted by atomic mass is 10.2. The molecule has 0 bridgehead atoms. The van der Waals surface area contributed by atoms with E-state index in [4.69, 9.17) is 0 Å². The van der Waals surface area contributed by atoms with Gasteiger partial charge in [-0.3, -0.25) is 10.1 Å². The van der Waals surface area contributed by atoms with Crippen LogP contribution in [0.1, 0.15) is 19.4 Å². The molecule has 7 heteroatoms. The Morgan fingerprint density at radius 3 is 2.28 bits per heavy atom. The van der Waals surface area contributed by atoms with Crippen LogP contribution in [0.15, 0.2) is 82.8 Å². The summed E-state index contributed by atoms with van der Waals surface area (Å²) in [6.07, 6.45) is 5.90.